The van der Waals surface area contributed by atoms with E-state index in [9.17, 15) is 28.2 Å². The molecule has 8 N–H and O–H groups in total. The number of amidine groups is 3. The predicted octanol–water partition coefficient (Wildman–Crippen LogP) is 5.08. The lowest BCUT2D eigenvalue weighted by atomic mass is 10.1. The molecule has 2 aromatic heterocycles. The van der Waals surface area contributed by atoms with Gasteiger partial charge in [0.2, 0.25) is 5.84 Å². The Hall–Kier alpha value is -6.36. The molecule has 20 nitrogen and oxygen atoms in total. The van der Waals surface area contributed by atoms with Crippen LogP contribution in [0.25, 0.3) is 0 Å². The van der Waals surface area contributed by atoms with Gasteiger partial charge < -0.3 is 60.4 Å². The lowest BCUT2D eigenvalue weighted by molar-refractivity contribution is 0.0817. The zero-order chi connectivity index (χ0) is 47.0. The van der Waals surface area contributed by atoms with Crippen molar-refractivity contribution in [2.45, 2.75) is 59.5 Å². The molecule has 2 amide bonds. The Balaban J connectivity index is 0.000000273. The van der Waals surface area contributed by atoms with Crippen LogP contribution in [0, 0.1) is 13.8 Å². The third-order valence-corrected chi connectivity index (χ3v) is 9.96. The second kappa shape index (κ2) is 24.3. The van der Waals surface area contributed by atoms with E-state index in [0.29, 0.717) is 13.0 Å². The zero-order valence-electron chi connectivity index (χ0n) is 36.8. The van der Waals surface area contributed by atoms with Gasteiger partial charge in [-0.2, -0.15) is 0 Å². The number of aliphatic hydroxyl groups excluding tert-OH is 1. The van der Waals surface area contributed by atoms with Crippen LogP contribution in [-0.2, 0) is 27.1 Å². The molecule has 2 aliphatic rings. The molecule has 2 aliphatic heterocycles. The van der Waals surface area contributed by atoms with Gasteiger partial charge in [0.1, 0.15) is 23.0 Å². The fourth-order valence-corrected chi connectivity index (χ4v) is 6.63. The Morgan fingerprint density at radius 1 is 0.698 bits per heavy atom. The molecule has 342 valence electrons. The molecule has 2 aromatic carbocycles. The largest absolute Gasteiger partial charge is 0.505 e. The molecule has 0 spiro atoms. The number of nitrogens with two attached hydrogens (primary N) is 1. The molecule has 4 heterocycles. The van der Waals surface area contributed by atoms with Crippen LogP contribution >= 0.6 is 0 Å². The van der Waals surface area contributed by atoms with Crippen LogP contribution in [0.3, 0.4) is 0 Å². The van der Waals surface area contributed by atoms with Gasteiger partial charge in [-0.05, 0) is 82.1 Å². The van der Waals surface area contributed by atoms with Crippen molar-refractivity contribution >= 4 is 68.9 Å². The molecule has 0 saturated carbocycles. The Morgan fingerprint density at radius 3 is 1.60 bits per heavy atom. The molecule has 6 rings (SSSR count). The van der Waals surface area contributed by atoms with Crippen molar-refractivity contribution in [2.24, 2.45) is 23.3 Å². The van der Waals surface area contributed by atoms with E-state index in [0.717, 1.165) is 36.6 Å². The Bertz CT molecular complexity index is 2370. The van der Waals surface area contributed by atoms with E-state index in [1.165, 1.54) is 21.9 Å². The number of hydrogen-bond acceptors (Lipinski definition) is 14. The summed E-state index contributed by atoms with van der Waals surface area (Å²) in [6.07, 6.45) is 1.62. The number of nitrogens with one attached hydrogen (secondary N) is 3. The number of amides is 2. The van der Waals surface area contributed by atoms with Gasteiger partial charge in [-0.3, -0.25) is 9.59 Å². The number of para-hydroxylation sites is 2. The van der Waals surface area contributed by atoms with Crippen LogP contribution < -0.4 is 21.7 Å². The monoisotopic (exact) mass is 912 g/mol. The number of aromatic hydroxyl groups is 2. The number of nitrogens with zero attached hydrogens (tertiary/aromatic N) is 6. The summed E-state index contributed by atoms with van der Waals surface area (Å²) in [6.45, 7) is 9.90. The maximum atomic E-state index is 12.2. The van der Waals surface area contributed by atoms with Crippen LogP contribution in [0.4, 0.5) is 11.4 Å². The Kier molecular flexibility index (Phi) is 19.7. The van der Waals surface area contributed by atoms with Gasteiger partial charge in [-0.1, -0.05) is 26.0 Å². The summed E-state index contributed by atoms with van der Waals surface area (Å²) in [5, 5.41) is 36.6. The predicted molar refractivity (Wildman–Crippen MR) is 246 cm³/mol. The number of benzene rings is 2. The third kappa shape index (κ3) is 14.1. The average molecular weight is 913 g/mol. The van der Waals surface area contributed by atoms with Gasteiger partial charge in [-0.25, -0.2) is 8.42 Å². The van der Waals surface area contributed by atoms with Gasteiger partial charge in [0.15, 0.2) is 23.2 Å². The highest BCUT2D eigenvalue weighted by molar-refractivity contribution is 7.83. The van der Waals surface area contributed by atoms with E-state index in [2.05, 4.69) is 33.5 Å². The molecule has 2 unspecified atom stereocenters. The lowest BCUT2D eigenvalue weighted by Crippen LogP contribution is -2.36. The number of furan rings is 2. The molecule has 0 aliphatic carbocycles. The highest BCUT2D eigenvalue weighted by atomic mass is 32.2. The summed E-state index contributed by atoms with van der Waals surface area (Å²) in [7, 11) is 7.38. The van der Waals surface area contributed by atoms with Crippen LogP contribution in [0.2, 0.25) is 0 Å². The molecule has 0 fully saturated rings. The van der Waals surface area contributed by atoms with Gasteiger partial charge >= 0.3 is 0 Å². The zero-order valence-corrected chi connectivity index (χ0v) is 38.5. The Morgan fingerprint density at radius 2 is 1.16 bits per heavy atom. The first-order valence-electron chi connectivity index (χ1n) is 19.5. The Labute approximate surface area is 371 Å². The van der Waals surface area contributed by atoms with Crippen molar-refractivity contribution in [1.29, 1.82) is 0 Å². The number of aryl methyl sites for hydroxylation is 2. The minimum absolute atomic E-state index is 0.0636. The summed E-state index contributed by atoms with van der Waals surface area (Å²) >= 11 is -3.55. The van der Waals surface area contributed by atoms with Crippen LogP contribution in [0.1, 0.15) is 89.5 Å². The van der Waals surface area contributed by atoms with E-state index in [1.54, 1.807) is 59.4 Å². The van der Waals surface area contributed by atoms with Gasteiger partial charge in [0.25, 0.3) is 40.1 Å². The average Bonchev–Trinajstić information content (AvgIpc) is 4.06. The summed E-state index contributed by atoms with van der Waals surface area (Å²) in [6, 6.07) is 16.9. The second-order valence-electron chi connectivity index (χ2n) is 13.7. The smallest absolute Gasteiger partial charge is 0.271 e. The summed E-state index contributed by atoms with van der Waals surface area (Å²) in [5.74, 6) is 2.95. The van der Waals surface area contributed by atoms with Crippen molar-refractivity contribution in [3.05, 3.63) is 94.8 Å². The van der Waals surface area contributed by atoms with Gasteiger partial charge in [0.05, 0.1) is 41.2 Å². The van der Waals surface area contributed by atoms with E-state index >= 15 is 0 Å². The van der Waals surface area contributed by atoms with Crippen molar-refractivity contribution in [2.75, 3.05) is 52.5 Å². The van der Waals surface area contributed by atoms with Crippen LogP contribution in [0.5, 0.6) is 11.5 Å². The summed E-state index contributed by atoms with van der Waals surface area (Å²) in [5.41, 5.74) is 6.50. The molecule has 0 radical (unpaired) electrons. The highest BCUT2D eigenvalue weighted by Gasteiger charge is 2.26. The SMILES string of the molecule is CCOC1=NS(=O)N=C1Nc1cccc(C(=O)N(C)C)c1O.CC[C@@H](N)c1ccc(C)o1.CC[C@@H](NC1=NS(=O)N=C1Nc1cccc(C(=O)N(C)C)c1O)c1ccc(C)o1.CO. The fraction of sp³-hybridized carbons (Fsp3) is 0.366. The van der Waals surface area contributed by atoms with E-state index < -0.39 is 22.3 Å². The minimum Gasteiger partial charge on any atom is -0.505 e. The van der Waals surface area contributed by atoms with E-state index in [4.69, 9.17) is 24.4 Å². The van der Waals surface area contributed by atoms with E-state index in [1.807, 2.05) is 52.0 Å². The van der Waals surface area contributed by atoms with Crippen molar-refractivity contribution in [1.82, 2.24) is 15.1 Å². The molecule has 0 saturated heterocycles. The van der Waals surface area contributed by atoms with Crippen molar-refractivity contribution in [3.63, 3.8) is 0 Å². The first kappa shape index (κ1) is 51.0. The number of carbonyl (C=O) groups is 2. The summed E-state index contributed by atoms with van der Waals surface area (Å²) in [4.78, 5) is 26.9. The number of phenolic OH excluding ortho intramolecular Hbond substituents is 2. The number of anilines is 2. The maximum absolute atomic E-state index is 12.2. The molecule has 63 heavy (non-hydrogen) atoms. The molecule has 4 aromatic rings. The van der Waals surface area contributed by atoms with Crippen LogP contribution in [0.15, 0.2) is 87.1 Å². The number of rotatable bonds is 10. The quantitative estimate of drug-likeness (QED) is 0.102. The minimum atomic E-state index is -1.79. The van der Waals surface area contributed by atoms with Crippen molar-refractivity contribution < 1.29 is 46.9 Å². The molecule has 22 heteroatoms. The number of phenols is 2. The number of carbonyl (C=O) groups excluding carboxylic acids is 2. The van der Waals surface area contributed by atoms with E-state index in [-0.39, 0.29) is 81.3 Å². The number of aliphatic hydroxyl groups is 1. The topological polar surface area (TPSA) is 283 Å². The standard InChI is InChI=1S/C19H23N5O4S.C13H16N4O4S.C8H13NO.CH4O/c1-5-13(15-10-9-11(2)28-15)20-17-18(23-29(27)22-17)21-14-8-6-7-12(16(14)25)19(26)24(3)4;1-4-21-12-11(15-22(20)16-12)14-9-7-5-6-8(10(9)18)13(19)17(2)3;1-3-7(9)8-5-4-6(2)10-8;1-2/h6-10,13,25H,5H2,1-4H3,(H,20,22)(H,21,23);5-7,18H,4H2,1-3H3,(H,14,15);4-5,7H,3,9H2,1-2H3;2H,1H3/t13-,29?;;7-;/m1.1./s1. The molecular formula is C41H56N10O10S2. The maximum Gasteiger partial charge on any atom is 0.271 e. The first-order chi connectivity index (χ1) is 30.0. The highest BCUT2D eigenvalue weighted by Crippen LogP contribution is 2.30. The molecule has 0 bridgehead atoms. The molecule has 4 atom stereocenters. The summed E-state index contributed by atoms with van der Waals surface area (Å²) < 4.78 is 55.0. The normalized spacial score (nSPS) is 15.8. The van der Waals surface area contributed by atoms with Gasteiger partial charge in [-0.15, -0.1) is 17.6 Å². The van der Waals surface area contributed by atoms with Gasteiger partial charge in [0, 0.05) is 35.3 Å². The lowest BCUT2D eigenvalue weighted by Gasteiger charge is -2.18. The van der Waals surface area contributed by atoms with Crippen molar-refractivity contribution in [3.8, 4) is 11.5 Å². The second-order valence-corrected chi connectivity index (χ2v) is 15.3. The number of hydrogen-bond donors (Lipinski definition) is 7. The molecular weight excluding hydrogens is 857 g/mol. The van der Waals surface area contributed by atoms with Crippen LogP contribution in [-0.4, -0.2) is 111 Å². The number of ether oxygens (including phenoxy) is 1. The first-order valence-corrected chi connectivity index (χ1v) is 21.6. The third-order valence-electron chi connectivity index (χ3n) is 8.62. The fourth-order valence-electron chi connectivity index (χ4n) is 5.40.